The maximum Gasteiger partial charge on any atom is 0.0168 e. The molecule has 0 saturated carbocycles. The normalized spacial score (nSPS) is 34.1. The van der Waals surface area contributed by atoms with E-state index < -0.39 is 0 Å². The summed E-state index contributed by atoms with van der Waals surface area (Å²) < 4.78 is 0. The van der Waals surface area contributed by atoms with Crippen molar-refractivity contribution in [2.75, 3.05) is 13.6 Å². The Hall–Kier alpha value is -0.0800. The Bertz CT molecular complexity index is 114. The first-order chi connectivity index (χ1) is 5.24. The minimum absolute atomic E-state index is 0.424. The van der Waals surface area contributed by atoms with Crippen LogP contribution in [0.5, 0.6) is 0 Å². The molecule has 0 amide bonds. The van der Waals surface area contributed by atoms with E-state index in [1.165, 1.54) is 25.7 Å². The van der Waals surface area contributed by atoms with Crippen LogP contribution < -0.4 is 5.73 Å². The molecule has 0 radical (unpaired) electrons. The van der Waals surface area contributed by atoms with Gasteiger partial charge < -0.3 is 10.6 Å². The SMILES string of the molecule is CCCC1CCC(N)CN1C. The van der Waals surface area contributed by atoms with Crippen molar-refractivity contribution in [1.29, 1.82) is 0 Å². The van der Waals surface area contributed by atoms with Crippen molar-refractivity contribution in [3.05, 3.63) is 0 Å². The van der Waals surface area contributed by atoms with E-state index >= 15 is 0 Å². The van der Waals surface area contributed by atoms with Gasteiger partial charge in [0.05, 0.1) is 0 Å². The number of piperidine rings is 1. The lowest BCUT2D eigenvalue weighted by atomic mass is 9.96. The molecule has 2 nitrogen and oxygen atoms in total. The van der Waals surface area contributed by atoms with Gasteiger partial charge in [-0.2, -0.15) is 0 Å². The first-order valence-electron chi connectivity index (χ1n) is 4.70. The van der Waals surface area contributed by atoms with Crippen LogP contribution in [0.1, 0.15) is 32.6 Å². The third-order valence-corrected chi connectivity index (χ3v) is 2.64. The number of nitrogens with zero attached hydrogens (tertiary/aromatic N) is 1. The average Bonchev–Trinajstić information content (AvgIpc) is 1.95. The molecule has 0 aromatic rings. The topological polar surface area (TPSA) is 29.3 Å². The van der Waals surface area contributed by atoms with E-state index in [2.05, 4.69) is 18.9 Å². The molecule has 2 unspecified atom stereocenters. The fraction of sp³-hybridized carbons (Fsp3) is 1.00. The molecule has 1 fully saturated rings. The summed E-state index contributed by atoms with van der Waals surface area (Å²) in [7, 11) is 2.19. The van der Waals surface area contributed by atoms with E-state index in [1.807, 2.05) is 0 Å². The predicted molar refractivity (Wildman–Crippen MR) is 48.5 cm³/mol. The molecule has 0 aliphatic carbocycles. The Labute approximate surface area is 69.8 Å². The summed E-state index contributed by atoms with van der Waals surface area (Å²) in [6, 6.07) is 1.23. The number of hydrogen-bond acceptors (Lipinski definition) is 2. The number of nitrogens with two attached hydrogens (primary N) is 1. The lowest BCUT2D eigenvalue weighted by molar-refractivity contribution is 0.159. The van der Waals surface area contributed by atoms with Gasteiger partial charge in [0, 0.05) is 18.6 Å². The summed E-state index contributed by atoms with van der Waals surface area (Å²) in [5, 5.41) is 0. The second-order valence-electron chi connectivity index (χ2n) is 3.72. The smallest absolute Gasteiger partial charge is 0.0168 e. The molecule has 0 bridgehead atoms. The fourth-order valence-electron chi connectivity index (χ4n) is 1.94. The third-order valence-electron chi connectivity index (χ3n) is 2.64. The van der Waals surface area contributed by atoms with E-state index in [-0.39, 0.29) is 0 Å². The second-order valence-corrected chi connectivity index (χ2v) is 3.72. The molecule has 1 rings (SSSR count). The van der Waals surface area contributed by atoms with Crippen LogP contribution in [0.4, 0.5) is 0 Å². The molecule has 11 heavy (non-hydrogen) atoms. The van der Waals surface area contributed by atoms with Crippen molar-refractivity contribution < 1.29 is 0 Å². The molecular weight excluding hydrogens is 136 g/mol. The summed E-state index contributed by atoms with van der Waals surface area (Å²) in [4.78, 5) is 2.41. The van der Waals surface area contributed by atoms with E-state index in [0.717, 1.165) is 12.6 Å². The number of rotatable bonds is 2. The number of likely N-dealkylation sites (tertiary alicyclic amines) is 1. The van der Waals surface area contributed by atoms with Crippen LogP contribution in [0, 0.1) is 0 Å². The lowest BCUT2D eigenvalue weighted by Crippen LogP contribution is -2.46. The fourth-order valence-corrected chi connectivity index (χ4v) is 1.94. The standard InChI is InChI=1S/C9H20N2/c1-3-4-9-6-5-8(10)7-11(9)2/h8-9H,3-7,10H2,1-2H3. The zero-order chi connectivity index (χ0) is 8.27. The van der Waals surface area contributed by atoms with E-state index in [9.17, 15) is 0 Å². The van der Waals surface area contributed by atoms with Crippen molar-refractivity contribution in [3.8, 4) is 0 Å². The van der Waals surface area contributed by atoms with Crippen LogP contribution in [-0.4, -0.2) is 30.6 Å². The molecule has 1 saturated heterocycles. The molecular formula is C9H20N2. The largest absolute Gasteiger partial charge is 0.327 e. The van der Waals surface area contributed by atoms with Gasteiger partial charge in [0.25, 0.3) is 0 Å². The first-order valence-corrected chi connectivity index (χ1v) is 4.70. The Morgan fingerprint density at radius 3 is 2.73 bits per heavy atom. The van der Waals surface area contributed by atoms with Gasteiger partial charge >= 0.3 is 0 Å². The highest BCUT2D eigenvalue weighted by atomic mass is 15.1. The molecule has 0 aromatic heterocycles. The number of hydrogen-bond donors (Lipinski definition) is 1. The van der Waals surface area contributed by atoms with Gasteiger partial charge in [-0.15, -0.1) is 0 Å². The molecule has 1 heterocycles. The second kappa shape index (κ2) is 4.07. The van der Waals surface area contributed by atoms with Crippen molar-refractivity contribution in [2.45, 2.75) is 44.7 Å². The minimum atomic E-state index is 0.424. The summed E-state index contributed by atoms with van der Waals surface area (Å²) in [5.41, 5.74) is 5.84. The van der Waals surface area contributed by atoms with Gasteiger partial charge in [-0.1, -0.05) is 13.3 Å². The Morgan fingerprint density at radius 1 is 1.45 bits per heavy atom. The molecule has 2 heteroatoms. The molecule has 2 N–H and O–H groups in total. The van der Waals surface area contributed by atoms with E-state index in [4.69, 9.17) is 5.73 Å². The molecule has 66 valence electrons. The van der Waals surface area contributed by atoms with Gasteiger partial charge in [-0.3, -0.25) is 0 Å². The third kappa shape index (κ3) is 2.46. The van der Waals surface area contributed by atoms with Crippen LogP contribution in [0.15, 0.2) is 0 Å². The summed E-state index contributed by atoms with van der Waals surface area (Å²) in [6.07, 6.45) is 5.15. The highest BCUT2D eigenvalue weighted by Gasteiger charge is 2.21. The van der Waals surface area contributed by atoms with Crippen LogP contribution in [-0.2, 0) is 0 Å². The zero-order valence-corrected chi connectivity index (χ0v) is 7.71. The van der Waals surface area contributed by atoms with Crippen LogP contribution in [0.25, 0.3) is 0 Å². The molecule has 1 aliphatic rings. The van der Waals surface area contributed by atoms with Gasteiger partial charge in [-0.05, 0) is 26.3 Å². The lowest BCUT2D eigenvalue weighted by Gasteiger charge is -2.35. The van der Waals surface area contributed by atoms with Gasteiger partial charge in [0.2, 0.25) is 0 Å². The maximum absolute atomic E-state index is 5.84. The molecule has 0 aromatic carbocycles. The Morgan fingerprint density at radius 2 is 2.18 bits per heavy atom. The van der Waals surface area contributed by atoms with Gasteiger partial charge in [-0.25, -0.2) is 0 Å². The Balaban J connectivity index is 2.31. The van der Waals surface area contributed by atoms with Crippen molar-refractivity contribution in [3.63, 3.8) is 0 Å². The minimum Gasteiger partial charge on any atom is -0.327 e. The van der Waals surface area contributed by atoms with Gasteiger partial charge in [0.15, 0.2) is 0 Å². The van der Waals surface area contributed by atoms with Crippen LogP contribution in [0.2, 0.25) is 0 Å². The highest BCUT2D eigenvalue weighted by molar-refractivity contribution is 4.80. The van der Waals surface area contributed by atoms with Crippen LogP contribution in [0.3, 0.4) is 0 Å². The molecule has 0 spiro atoms. The predicted octanol–water partition coefficient (Wildman–Crippen LogP) is 1.21. The van der Waals surface area contributed by atoms with Crippen molar-refractivity contribution in [2.24, 2.45) is 5.73 Å². The maximum atomic E-state index is 5.84. The van der Waals surface area contributed by atoms with Crippen LogP contribution >= 0.6 is 0 Å². The Kier molecular flexibility index (Phi) is 3.34. The monoisotopic (exact) mass is 156 g/mol. The van der Waals surface area contributed by atoms with E-state index in [0.29, 0.717) is 6.04 Å². The van der Waals surface area contributed by atoms with Crippen molar-refractivity contribution in [1.82, 2.24) is 4.90 Å². The van der Waals surface area contributed by atoms with E-state index in [1.54, 1.807) is 0 Å². The molecule has 2 atom stereocenters. The molecule has 1 aliphatic heterocycles. The number of likely N-dealkylation sites (N-methyl/N-ethyl adjacent to an activating group) is 1. The average molecular weight is 156 g/mol. The highest BCUT2D eigenvalue weighted by Crippen LogP contribution is 2.17. The summed E-state index contributed by atoms with van der Waals surface area (Å²) in [6.45, 7) is 3.34. The van der Waals surface area contributed by atoms with Crippen molar-refractivity contribution >= 4 is 0 Å². The van der Waals surface area contributed by atoms with Gasteiger partial charge in [0.1, 0.15) is 0 Å². The quantitative estimate of drug-likeness (QED) is 0.651. The first kappa shape index (κ1) is 9.01. The summed E-state index contributed by atoms with van der Waals surface area (Å²) in [5.74, 6) is 0. The summed E-state index contributed by atoms with van der Waals surface area (Å²) >= 11 is 0. The zero-order valence-electron chi connectivity index (χ0n) is 7.71.